The number of nitrogens with two attached hydrogens (primary N) is 1. The molecule has 0 atom stereocenters. The quantitative estimate of drug-likeness (QED) is 0.684. The summed E-state index contributed by atoms with van der Waals surface area (Å²) >= 11 is 0. The van der Waals surface area contributed by atoms with Gasteiger partial charge in [0.1, 0.15) is 5.82 Å². The summed E-state index contributed by atoms with van der Waals surface area (Å²) in [5.41, 5.74) is 5.65. The number of rotatable bonds is 3. The van der Waals surface area contributed by atoms with Gasteiger partial charge in [0.25, 0.3) is 0 Å². The molecule has 0 spiro atoms. The molecule has 0 saturated heterocycles. The molecule has 0 fully saturated rings. The molecule has 0 aliphatic heterocycles. The van der Waals surface area contributed by atoms with Crippen molar-refractivity contribution >= 4 is 11.5 Å². The summed E-state index contributed by atoms with van der Waals surface area (Å²) in [6.45, 7) is 0. The molecule has 3 nitrogen and oxygen atoms in total. The molecule has 2 N–H and O–H groups in total. The van der Waals surface area contributed by atoms with Crippen molar-refractivity contribution in [3.63, 3.8) is 0 Å². The molecule has 0 radical (unpaired) electrons. The predicted molar refractivity (Wildman–Crippen MR) is 67.2 cm³/mol. The van der Waals surface area contributed by atoms with Crippen molar-refractivity contribution < 1.29 is 18.3 Å². The van der Waals surface area contributed by atoms with Crippen molar-refractivity contribution in [2.24, 2.45) is 0 Å². The second-order valence-corrected chi connectivity index (χ2v) is 3.91. The van der Waals surface area contributed by atoms with E-state index in [2.05, 4.69) is 0 Å². The molecule has 19 heavy (non-hydrogen) atoms. The molecule has 2 aromatic carbocycles. The lowest BCUT2D eigenvalue weighted by atomic mass is 10.0. The van der Waals surface area contributed by atoms with E-state index in [-0.39, 0.29) is 22.6 Å². The van der Waals surface area contributed by atoms with Crippen molar-refractivity contribution in [3.8, 4) is 5.75 Å². The lowest BCUT2D eigenvalue weighted by Gasteiger charge is -2.06. The average Bonchev–Trinajstić information content (AvgIpc) is 2.41. The van der Waals surface area contributed by atoms with Gasteiger partial charge in [-0.2, -0.15) is 0 Å². The molecule has 0 aromatic heterocycles. The first kappa shape index (κ1) is 13.0. The molecule has 5 heteroatoms. The third-order valence-corrected chi connectivity index (χ3v) is 2.68. The number of benzene rings is 2. The predicted octanol–water partition coefficient (Wildman–Crippen LogP) is 2.79. The van der Waals surface area contributed by atoms with Crippen LogP contribution in [0.5, 0.6) is 5.75 Å². The topological polar surface area (TPSA) is 52.3 Å². The van der Waals surface area contributed by atoms with Crippen LogP contribution in [0, 0.1) is 11.6 Å². The fourth-order valence-corrected chi connectivity index (χ4v) is 1.64. The standard InChI is InChI=1S/C14H11F2NO2/c1-19-13-7-9(2-4-10(13)15)14(18)8-3-5-12(17)11(16)6-8/h2-7H,17H2,1H3. The maximum Gasteiger partial charge on any atom is 0.193 e. The highest BCUT2D eigenvalue weighted by molar-refractivity contribution is 6.09. The van der Waals surface area contributed by atoms with Gasteiger partial charge in [0.2, 0.25) is 0 Å². The summed E-state index contributed by atoms with van der Waals surface area (Å²) in [4.78, 5) is 12.1. The lowest BCUT2D eigenvalue weighted by molar-refractivity contribution is 0.103. The van der Waals surface area contributed by atoms with Crippen LogP contribution in [0.3, 0.4) is 0 Å². The van der Waals surface area contributed by atoms with E-state index in [1.807, 2.05) is 0 Å². The van der Waals surface area contributed by atoms with E-state index in [0.29, 0.717) is 0 Å². The number of ketones is 1. The number of carbonyl (C=O) groups excluding carboxylic acids is 1. The molecule has 0 unspecified atom stereocenters. The van der Waals surface area contributed by atoms with Gasteiger partial charge in [-0.25, -0.2) is 8.78 Å². The van der Waals surface area contributed by atoms with Gasteiger partial charge in [0, 0.05) is 11.1 Å². The zero-order valence-electron chi connectivity index (χ0n) is 10.1. The maximum atomic E-state index is 13.3. The molecule has 0 heterocycles. The largest absolute Gasteiger partial charge is 0.494 e. The average molecular weight is 263 g/mol. The summed E-state index contributed by atoms with van der Waals surface area (Å²) in [5.74, 6) is -1.71. The third-order valence-electron chi connectivity index (χ3n) is 2.68. The summed E-state index contributed by atoms with van der Waals surface area (Å²) in [5, 5.41) is 0. The van der Waals surface area contributed by atoms with Gasteiger partial charge in [-0.1, -0.05) is 0 Å². The Balaban J connectivity index is 2.41. The van der Waals surface area contributed by atoms with Crippen molar-refractivity contribution in [3.05, 3.63) is 59.2 Å². The SMILES string of the molecule is COc1cc(C(=O)c2ccc(N)c(F)c2)ccc1F. The molecule has 2 rings (SSSR count). The Kier molecular flexibility index (Phi) is 3.46. The first-order valence-corrected chi connectivity index (χ1v) is 5.46. The highest BCUT2D eigenvalue weighted by Gasteiger charge is 2.13. The van der Waals surface area contributed by atoms with Crippen LogP contribution in [0.1, 0.15) is 15.9 Å². The molecule has 0 aliphatic rings. The minimum absolute atomic E-state index is 0.0340. The molecule has 98 valence electrons. The highest BCUT2D eigenvalue weighted by atomic mass is 19.1. The fourth-order valence-electron chi connectivity index (χ4n) is 1.64. The molecule has 0 saturated carbocycles. The van der Waals surface area contributed by atoms with E-state index in [4.69, 9.17) is 10.5 Å². The molecule has 0 aliphatic carbocycles. The van der Waals surface area contributed by atoms with Crippen LogP contribution in [0.25, 0.3) is 0 Å². The van der Waals surface area contributed by atoms with Crippen LogP contribution < -0.4 is 10.5 Å². The van der Waals surface area contributed by atoms with Gasteiger partial charge in [-0.15, -0.1) is 0 Å². The Morgan fingerprint density at radius 2 is 1.68 bits per heavy atom. The van der Waals surface area contributed by atoms with E-state index in [1.54, 1.807) is 0 Å². The van der Waals surface area contributed by atoms with Crippen LogP contribution in [-0.2, 0) is 0 Å². The molecular weight excluding hydrogens is 252 g/mol. The number of anilines is 1. The Morgan fingerprint density at radius 3 is 2.32 bits per heavy atom. The summed E-state index contributed by atoms with van der Waals surface area (Å²) in [6, 6.07) is 7.48. The second-order valence-electron chi connectivity index (χ2n) is 3.91. The highest BCUT2D eigenvalue weighted by Crippen LogP contribution is 2.21. The van der Waals surface area contributed by atoms with Crippen LogP contribution in [0.4, 0.5) is 14.5 Å². The molecule has 0 bridgehead atoms. The van der Waals surface area contributed by atoms with Crippen molar-refractivity contribution in [2.75, 3.05) is 12.8 Å². The lowest BCUT2D eigenvalue weighted by Crippen LogP contribution is -2.04. The number of hydrogen-bond acceptors (Lipinski definition) is 3. The van der Waals surface area contributed by atoms with Gasteiger partial charge in [-0.3, -0.25) is 4.79 Å². The van der Waals surface area contributed by atoms with Gasteiger partial charge in [-0.05, 0) is 36.4 Å². The summed E-state index contributed by atoms with van der Waals surface area (Å²) in [7, 11) is 1.30. The smallest absolute Gasteiger partial charge is 0.193 e. The molecule has 2 aromatic rings. The Hall–Kier alpha value is -2.43. The Morgan fingerprint density at radius 1 is 1.05 bits per heavy atom. The number of carbonyl (C=O) groups is 1. The van der Waals surface area contributed by atoms with Crippen LogP contribution in [0.2, 0.25) is 0 Å². The van der Waals surface area contributed by atoms with Crippen LogP contribution in [0.15, 0.2) is 36.4 Å². The zero-order valence-corrected chi connectivity index (χ0v) is 10.1. The molecular formula is C14H11F2NO2. The summed E-state index contributed by atoms with van der Waals surface area (Å²) < 4.78 is 31.3. The van der Waals surface area contributed by atoms with Gasteiger partial charge in [0.05, 0.1) is 12.8 Å². The minimum Gasteiger partial charge on any atom is -0.494 e. The molecule has 0 amide bonds. The number of ether oxygens (including phenoxy) is 1. The van der Waals surface area contributed by atoms with E-state index >= 15 is 0 Å². The first-order valence-electron chi connectivity index (χ1n) is 5.46. The Bertz CT molecular complexity index is 641. The number of hydrogen-bond donors (Lipinski definition) is 1. The fraction of sp³-hybridized carbons (Fsp3) is 0.0714. The normalized spacial score (nSPS) is 10.3. The van der Waals surface area contributed by atoms with Gasteiger partial charge >= 0.3 is 0 Å². The van der Waals surface area contributed by atoms with Gasteiger partial charge in [0.15, 0.2) is 17.3 Å². The minimum atomic E-state index is -0.667. The number of methoxy groups -OCH3 is 1. The number of nitrogen functional groups attached to an aromatic ring is 1. The first-order chi connectivity index (χ1) is 9.02. The van der Waals surface area contributed by atoms with Crippen molar-refractivity contribution in [1.82, 2.24) is 0 Å². The van der Waals surface area contributed by atoms with Crippen molar-refractivity contribution in [1.29, 1.82) is 0 Å². The maximum absolute atomic E-state index is 13.3. The monoisotopic (exact) mass is 263 g/mol. The van der Waals surface area contributed by atoms with E-state index in [0.717, 1.165) is 12.1 Å². The van der Waals surface area contributed by atoms with Gasteiger partial charge < -0.3 is 10.5 Å². The third kappa shape index (κ3) is 2.54. The zero-order chi connectivity index (χ0) is 14.0. The van der Waals surface area contributed by atoms with Crippen molar-refractivity contribution in [2.45, 2.75) is 0 Å². The van der Waals surface area contributed by atoms with E-state index < -0.39 is 17.4 Å². The second kappa shape index (κ2) is 5.06. The number of halogens is 2. The van der Waals surface area contributed by atoms with E-state index in [1.165, 1.54) is 31.4 Å². The Labute approximate surface area is 108 Å². The summed E-state index contributed by atoms with van der Waals surface area (Å²) in [6.07, 6.45) is 0. The van der Waals surface area contributed by atoms with Crippen LogP contribution in [-0.4, -0.2) is 12.9 Å². The van der Waals surface area contributed by atoms with Crippen LogP contribution >= 0.6 is 0 Å². The van der Waals surface area contributed by atoms with E-state index in [9.17, 15) is 13.6 Å².